The molecule has 0 saturated carbocycles. The number of aromatic nitrogens is 2. The smallest absolute Gasteiger partial charge is 0.0945 e. The summed E-state index contributed by atoms with van der Waals surface area (Å²) in [6, 6.07) is 0. The van der Waals surface area contributed by atoms with Gasteiger partial charge in [-0.3, -0.25) is 4.68 Å². The lowest BCUT2D eigenvalue weighted by molar-refractivity contribution is 0.185. The zero-order valence-electron chi connectivity index (χ0n) is 7.49. The van der Waals surface area contributed by atoms with E-state index < -0.39 is 6.10 Å². The van der Waals surface area contributed by atoms with Gasteiger partial charge in [-0.1, -0.05) is 6.92 Å². The van der Waals surface area contributed by atoms with Gasteiger partial charge in [-0.25, -0.2) is 0 Å². The third kappa shape index (κ3) is 1.65. The highest BCUT2D eigenvalue weighted by atomic mass is 16.3. The fraction of sp³-hybridized carbons (Fsp3) is 0.625. The van der Waals surface area contributed by atoms with Crippen molar-refractivity contribution in [3.8, 4) is 0 Å². The Hall–Kier alpha value is -0.870. The standard InChI is InChI=1S/C8H15N3O/c1-3-7-6(8(12)4-9)5-11(2)10-7/h5,8,12H,3-4,9H2,1-2H3. The fourth-order valence-corrected chi connectivity index (χ4v) is 1.23. The van der Waals surface area contributed by atoms with E-state index in [4.69, 9.17) is 5.73 Å². The van der Waals surface area contributed by atoms with Gasteiger partial charge in [0.2, 0.25) is 0 Å². The summed E-state index contributed by atoms with van der Waals surface area (Å²) in [5.74, 6) is 0. The lowest BCUT2D eigenvalue weighted by atomic mass is 10.1. The van der Waals surface area contributed by atoms with Crippen LogP contribution in [0, 0.1) is 0 Å². The average molecular weight is 169 g/mol. The van der Waals surface area contributed by atoms with Crippen molar-refractivity contribution < 1.29 is 5.11 Å². The third-order valence-corrected chi connectivity index (χ3v) is 1.85. The van der Waals surface area contributed by atoms with Gasteiger partial charge in [-0.05, 0) is 6.42 Å². The normalized spacial score (nSPS) is 13.3. The number of aliphatic hydroxyl groups is 1. The minimum Gasteiger partial charge on any atom is -0.387 e. The summed E-state index contributed by atoms with van der Waals surface area (Å²) in [4.78, 5) is 0. The average Bonchev–Trinajstić information content (AvgIpc) is 2.45. The molecule has 0 spiro atoms. The zero-order chi connectivity index (χ0) is 9.14. The Morgan fingerprint density at radius 3 is 2.92 bits per heavy atom. The molecular formula is C8H15N3O. The quantitative estimate of drug-likeness (QED) is 0.668. The monoisotopic (exact) mass is 169 g/mol. The van der Waals surface area contributed by atoms with Crippen molar-refractivity contribution in [1.29, 1.82) is 0 Å². The highest BCUT2D eigenvalue weighted by Gasteiger charge is 2.12. The van der Waals surface area contributed by atoms with Crippen molar-refractivity contribution in [1.82, 2.24) is 9.78 Å². The molecule has 1 aromatic heterocycles. The van der Waals surface area contributed by atoms with Crippen molar-refractivity contribution >= 4 is 0 Å². The number of hydrogen-bond acceptors (Lipinski definition) is 3. The molecule has 1 aromatic rings. The lowest BCUT2D eigenvalue weighted by Crippen LogP contribution is -2.12. The van der Waals surface area contributed by atoms with Gasteiger partial charge in [-0.2, -0.15) is 5.10 Å². The molecule has 4 nitrogen and oxygen atoms in total. The van der Waals surface area contributed by atoms with Crippen LogP contribution in [0.2, 0.25) is 0 Å². The van der Waals surface area contributed by atoms with Gasteiger partial charge in [0, 0.05) is 25.4 Å². The minimum absolute atomic E-state index is 0.249. The number of rotatable bonds is 3. The highest BCUT2D eigenvalue weighted by Crippen LogP contribution is 2.15. The molecule has 0 fully saturated rings. The first-order valence-electron chi connectivity index (χ1n) is 4.09. The number of aliphatic hydroxyl groups excluding tert-OH is 1. The van der Waals surface area contributed by atoms with Crippen molar-refractivity contribution in [2.24, 2.45) is 12.8 Å². The summed E-state index contributed by atoms with van der Waals surface area (Å²) < 4.78 is 1.70. The summed E-state index contributed by atoms with van der Waals surface area (Å²) >= 11 is 0. The maximum absolute atomic E-state index is 9.48. The van der Waals surface area contributed by atoms with E-state index in [2.05, 4.69) is 5.10 Å². The first-order valence-corrected chi connectivity index (χ1v) is 4.09. The SMILES string of the molecule is CCc1nn(C)cc1C(O)CN. The van der Waals surface area contributed by atoms with Crippen LogP contribution in [0.4, 0.5) is 0 Å². The topological polar surface area (TPSA) is 64.1 Å². The molecule has 1 atom stereocenters. The molecule has 1 rings (SSSR count). The first-order chi connectivity index (χ1) is 5.69. The molecule has 68 valence electrons. The van der Waals surface area contributed by atoms with Crippen molar-refractivity contribution in [2.75, 3.05) is 6.54 Å². The largest absolute Gasteiger partial charge is 0.387 e. The van der Waals surface area contributed by atoms with Gasteiger partial charge in [0.25, 0.3) is 0 Å². The molecule has 0 aromatic carbocycles. The summed E-state index contributed by atoms with van der Waals surface area (Å²) in [7, 11) is 1.84. The Morgan fingerprint density at radius 2 is 2.42 bits per heavy atom. The van der Waals surface area contributed by atoms with E-state index in [1.807, 2.05) is 20.2 Å². The highest BCUT2D eigenvalue weighted by molar-refractivity contribution is 5.19. The van der Waals surface area contributed by atoms with Gasteiger partial charge in [-0.15, -0.1) is 0 Å². The lowest BCUT2D eigenvalue weighted by Gasteiger charge is -2.05. The van der Waals surface area contributed by atoms with Crippen LogP contribution in [-0.4, -0.2) is 21.4 Å². The molecule has 1 heterocycles. The Morgan fingerprint density at radius 1 is 1.75 bits per heavy atom. The van der Waals surface area contributed by atoms with Crippen LogP contribution in [0.5, 0.6) is 0 Å². The molecule has 0 aliphatic rings. The Balaban J connectivity index is 2.96. The Kier molecular flexibility index (Phi) is 2.83. The van der Waals surface area contributed by atoms with Gasteiger partial charge in [0.15, 0.2) is 0 Å². The maximum Gasteiger partial charge on any atom is 0.0945 e. The summed E-state index contributed by atoms with van der Waals surface area (Å²) in [6.07, 6.45) is 2.07. The number of nitrogens with zero attached hydrogens (tertiary/aromatic N) is 2. The molecule has 0 amide bonds. The van der Waals surface area contributed by atoms with Crippen LogP contribution in [0.25, 0.3) is 0 Å². The maximum atomic E-state index is 9.48. The van der Waals surface area contributed by atoms with E-state index in [0.29, 0.717) is 0 Å². The van der Waals surface area contributed by atoms with E-state index in [1.165, 1.54) is 0 Å². The van der Waals surface area contributed by atoms with Gasteiger partial charge < -0.3 is 10.8 Å². The molecule has 0 aliphatic heterocycles. The Bertz CT molecular complexity index is 257. The van der Waals surface area contributed by atoms with Crippen molar-refractivity contribution in [3.05, 3.63) is 17.5 Å². The second kappa shape index (κ2) is 3.69. The second-order valence-electron chi connectivity index (χ2n) is 2.81. The molecule has 4 heteroatoms. The van der Waals surface area contributed by atoms with Crippen LogP contribution in [0.1, 0.15) is 24.3 Å². The van der Waals surface area contributed by atoms with E-state index >= 15 is 0 Å². The predicted octanol–water partition coefficient (Wildman–Crippen LogP) is -0.0254. The van der Waals surface area contributed by atoms with Crippen LogP contribution in [0.3, 0.4) is 0 Å². The number of hydrogen-bond donors (Lipinski definition) is 2. The van der Waals surface area contributed by atoms with Crippen LogP contribution in [0.15, 0.2) is 6.20 Å². The molecule has 0 bridgehead atoms. The predicted molar refractivity (Wildman–Crippen MR) is 46.6 cm³/mol. The number of nitrogens with two attached hydrogens (primary N) is 1. The summed E-state index contributed by atoms with van der Waals surface area (Å²) in [6.45, 7) is 2.26. The van der Waals surface area contributed by atoms with Gasteiger partial charge >= 0.3 is 0 Å². The van der Waals surface area contributed by atoms with Crippen LogP contribution >= 0.6 is 0 Å². The third-order valence-electron chi connectivity index (χ3n) is 1.85. The molecule has 1 unspecified atom stereocenters. The molecule has 12 heavy (non-hydrogen) atoms. The number of aryl methyl sites for hydroxylation is 2. The second-order valence-corrected chi connectivity index (χ2v) is 2.81. The first kappa shape index (κ1) is 9.22. The summed E-state index contributed by atoms with van der Waals surface area (Å²) in [5, 5.41) is 13.7. The molecule has 0 aliphatic carbocycles. The fourth-order valence-electron chi connectivity index (χ4n) is 1.23. The van der Waals surface area contributed by atoms with E-state index in [9.17, 15) is 5.11 Å². The van der Waals surface area contributed by atoms with Crippen LogP contribution < -0.4 is 5.73 Å². The molecule has 3 N–H and O–H groups in total. The molecule has 0 saturated heterocycles. The molecular weight excluding hydrogens is 154 g/mol. The van der Waals surface area contributed by atoms with E-state index in [1.54, 1.807) is 4.68 Å². The van der Waals surface area contributed by atoms with Crippen molar-refractivity contribution in [3.63, 3.8) is 0 Å². The molecule has 0 radical (unpaired) electrons. The van der Waals surface area contributed by atoms with Crippen molar-refractivity contribution in [2.45, 2.75) is 19.4 Å². The zero-order valence-corrected chi connectivity index (χ0v) is 7.49. The minimum atomic E-state index is -0.575. The summed E-state index contributed by atoms with van der Waals surface area (Å²) in [5.41, 5.74) is 7.13. The van der Waals surface area contributed by atoms with Gasteiger partial charge in [0.05, 0.1) is 11.8 Å². The van der Waals surface area contributed by atoms with Crippen LogP contribution in [-0.2, 0) is 13.5 Å². The van der Waals surface area contributed by atoms with Gasteiger partial charge in [0.1, 0.15) is 0 Å². The van der Waals surface area contributed by atoms with E-state index in [0.717, 1.165) is 17.7 Å². The van der Waals surface area contributed by atoms with E-state index in [-0.39, 0.29) is 6.54 Å². The Labute approximate surface area is 72.0 Å².